The molecule has 3 rings (SSSR count). The van der Waals surface area contributed by atoms with Gasteiger partial charge in [-0.2, -0.15) is 0 Å². The molecule has 2 aromatic rings. The molecule has 2 aromatic carbocycles. The normalized spacial score (nSPS) is 21.6. The molecule has 4 nitrogen and oxygen atoms in total. The molecule has 1 amide bonds. The van der Waals surface area contributed by atoms with E-state index in [-0.39, 0.29) is 16.7 Å². The Kier molecular flexibility index (Phi) is 3.01. The minimum absolute atomic E-state index is 0.150. The molecular weight excluding hydrogens is 274 g/mol. The monoisotopic (exact) mass is 289 g/mol. The van der Waals surface area contributed by atoms with E-state index in [1.807, 2.05) is 25.1 Å². The Balaban J connectivity index is 1.99. The third-order valence-electron chi connectivity index (χ3n) is 3.72. The van der Waals surface area contributed by atoms with Gasteiger partial charge < -0.3 is 0 Å². The first kappa shape index (κ1) is 13.1. The van der Waals surface area contributed by atoms with Gasteiger partial charge in [0.05, 0.1) is 4.90 Å². The number of carbonyl (C=O) groups excluding carboxylic acids is 1. The maximum atomic E-state index is 12.4. The Bertz CT molecular complexity index is 777. The van der Waals surface area contributed by atoms with Crippen molar-refractivity contribution in [1.29, 1.82) is 0 Å². The predicted molar refractivity (Wildman–Crippen MR) is 76.5 cm³/mol. The minimum atomic E-state index is -3.81. The van der Waals surface area contributed by atoms with Crippen LogP contribution in [0.2, 0.25) is 0 Å². The summed E-state index contributed by atoms with van der Waals surface area (Å²) >= 11 is 0. The van der Waals surface area contributed by atoms with E-state index in [1.165, 1.54) is 6.07 Å². The number of nitrogens with one attached hydrogen (secondary N) is 1. The zero-order valence-electron chi connectivity index (χ0n) is 11.0. The number of carbonyl (C=O) groups is 1. The van der Waals surface area contributed by atoms with Gasteiger partial charge in [0.2, 0.25) is 5.91 Å². The lowest BCUT2D eigenvalue weighted by molar-refractivity contribution is -0.120. The topological polar surface area (TPSA) is 63.2 Å². The van der Waals surface area contributed by atoms with E-state index < -0.39 is 15.9 Å². The molecule has 1 fully saturated rings. The van der Waals surface area contributed by atoms with Gasteiger partial charge in [-0.15, -0.1) is 0 Å². The van der Waals surface area contributed by atoms with Crippen LogP contribution in [0.4, 0.5) is 0 Å². The van der Waals surface area contributed by atoms with Crippen LogP contribution in [-0.2, 0) is 14.8 Å². The van der Waals surface area contributed by atoms with Gasteiger partial charge in [0.1, 0.15) is 0 Å². The lowest BCUT2D eigenvalue weighted by Crippen LogP contribution is -2.32. The third kappa shape index (κ3) is 2.29. The van der Waals surface area contributed by atoms with Gasteiger partial charge in [-0.3, -0.25) is 4.79 Å². The molecule has 20 heavy (non-hydrogen) atoms. The van der Waals surface area contributed by atoms with Crippen molar-refractivity contribution < 1.29 is 13.2 Å². The molecule has 1 saturated carbocycles. The Labute approximate surface area is 117 Å². The highest BCUT2D eigenvalue weighted by Gasteiger charge is 2.40. The maximum Gasteiger partial charge on any atom is 0.264 e. The summed E-state index contributed by atoms with van der Waals surface area (Å²) in [6, 6.07) is 12.3. The van der Waals surface area contributed by atoms with Crippen molar-refractivity contribution in [3.63, 3.8) is 0 Å². The van der Waals surface area contributed by atoms with E-state index in [9.17, 15) is 13.2 Å². The summed E-state index contributed by atoms with van der Waals surface area (Å²) in [4.78, 5) is 12.0. The van der Waals surface area contributed by atoms with E-state index in [0.29, 0.717) is 5.39 Å². The fourth-order valence-electron chi connectivity index (χ4n) is 2.38. The highest BCUT2D eigenvalue weighted by atomic mass is 32.2. The van der Waals surface area contributed by atoms with E-state index in [0.717, 1.165) is 11.8 Å². The lowest BCUT2D eigenvalue weighted by Gasteiger charge is -2.09. The quantitative estimate of drug-likeness (QED) is 0.943. The molecule has 1 N–H and O–H groups in total. The fourth-order valence-corrected chi connectivity index (χ4v) is 3.64. The first-order chi connectivity index (χ1) is 9.49. The second-order valence-electron chi connectivity index (χ2n) is 5.27. The molecule has 104 valence electrons. The summed E-state index contributed by atoms with van der Waals surface area (Å²) in [6.45, 7) is 1.94. The van der Waals surface area contributed by atoms with Gasteiger partial charge >= 0.3 is 0 Å². The SMILES string of the molecule is C[C@H]1C[C@@H]1C(=O)NS(=O)(=O)c1cccc2ccccc12. The van der Waals surface area contributed by atoms with Gasteiger partial charge in [-0.1, -0.05) is 43.3 Å². The van der Waals surface area contributed by atoms with E-state index in [2.05, 4.69) is 4.72 Å². The average Bonchev–Trinajstić information content (AvgIpc) is 3.15. The maximum absolute atomic E-state index is 12.4. The molecular formula is C15H15NO3S. The number of amides is 1. The Hall–Kier alpha value is -1.88. The Morgan fingerprint density at radius 2 is 1.80 bits per heavy atom. The fraction of sp³-hybridized carbons (Fsp3) is 0.267. The Morgan fingerprint density at radius 1 is 1.15 bits per heavy atom. The second-order valence-corrected chi connectivity index (χ2v) is 6.92. The van der Waals surface area contributed by atoms with Crippen LogP contribution in [0.3, 0.4) is 0 Å². The van der Waals surface area contributed by atoms with E-state index in [1.54, 1.807) is 18.2 Å². The molecule has 0 unspecified atom stereocenters. The number of hydrogen-bond donors (Lipinski definition) is 1. The summed E-state index contributed by atoms with van der Waals surface area (Å²) in [5, 5.41) is 1.46. The minimum Gasteiger partial charge on any atom is -0.274 e. The molecule has 0 spiro atoms. The third-order valence-corrected chi connectivity index (χ3v) is 5.13. The van der Waals surface area contributed by atoms with Crippen LogP contribution in [-0.4, -0.2) is 14.3 Å². The molecule has 1 aliphatic rings. The van der Waals surface area contributed by atoms with Crippen LogP contribution in [0.25, 0.3) is 10.8 Å². The molecule has 0 aromatic heterocycles. The molecule has 0 saturated heterocycles. The summed E-state index contributed by atoms with van der Waals surface area (Å²) in [5.74, 6) is -0.289. The van der Waals surface area contributed by atoms with Crippen LogP contribution in [0, 0.1) is 11.8 Å². The van der Waals surface area contributed by atoms with Crippen molar-refractivity contribution in [1.82, 2.24) is 4.72 Å². The van der Waals surface area contributed by atoms with Crippen molar-refractivity contribution >= 4 is 26.7 Å². The number of benzene rings is 2. The number of fused-ring (bicyclic) bond motifs is 1. The highest BCUT2D eigenvalue weighted by molar-refractivity contribution is 7.90. The first-order valence-electron chi connectivity index (χ1n) is 6.53. The van der Waals surface area contributed by atoms with E-state index in [4.69, 9.17) is 0 Å². The van der Waals surface area contributed by atoms with Gasteiger partial charge in [0.15, 0.2) is 0 Å². The standard InChI is InChI=1S/C15H15NO3S/c1-10-9-13(10)15(17)16-20(18,19)14-8-4-6-11-5-2-3-7-12(11)14/h2-8,10,13H,9H2,1H3,(H,16,17)/t10-,13-/m0/s1. The van der Waals surface area contributed by atoms with Crippen molar-refractivity contribution in [2.24, 2.45) is 11.8 Å². The molecule has 0 heterocycles. The number of sulfonamides is 1. The largest absolute Gasteiger partial charge is 0.274 e. The molecule has 0 bridgehead atoms. The van der Waals surface area contributed by atoms with Crippen LogP contribution < -0.4 is 4.72 Å². The molecule has 5 heteroatoms. The van der Waals surface area contributed by atoms with Crippen LogP contribution in [0.1, 0.15) is 13.3 Å². The summed E-state index contributed by atoms with van der Waals surface area (Å²) < 4.78 is 26.9. The van der Waals surface area contributed by atoms with Gasteiger partial charge in [-0.25, -0.2) is 13.1 Å². The smallest absolute Gasteiger partial charge is 0.264 e. The van der Waals surface area contributed by atoms with Crippen molar-refractivity contribution in [3.8, 4) is 0 Å². The molecule has 0 radical (unpaired) electrons. The summed E-state index contributed by atoms with van der Waals surface area (Å²) in [6.07, 6.45) is 0.761. The number of rotatable bonds is 3. The van der Waals surface area contributed by atoms with Crippen molar-refractivity contribution in [2.75, 3.05) is 0 Å². The van der Waals surface area contributed by atoms with Gasteiger partial charge in [0.25, 0.3) is 10.0 Å². The molecule has 0 aliphatic heterocycles. The van der Waals surface area contributed by atoms with Crippen molar-refractivity contribution in [2.45, 2.75) is 18.2 Å². The highest BCUT2D eigenvalue weighted by Crippen LogP contribution is 2.38. The van der Waals surface area contributed by atoms with Crippen LogP contribution in [0.5, 0.6) is 0 Å². The molecule has 1 aliphatic carbocycles. The van der Waals surface area contributed by atoms with Crippen molar-refractivity contribution in [3.05, 3.63) is 42.5 Å². The summed E-state index contributed by atoms with van der Waals surface area (Å²) in [5.41, 5.74) is 0. The summed E-state index contributed by atoms with van der Waals surface area (Å²) in [7, 11) is -3.81. The molecule has 2 atom stereocenters. The van der Waals surface area contributed by atoms with Crippen LogP contribution >= 0.6 is 0 Å². The van der Waals surface area contributed by atoms with Crippen LogP contribution in [0.15, 0.2) is 47.4 Å². The zero-order chi connectivity index (χ0) is 14.3. The second kappa shape index (κ2) is 4.59. The average molecular weight is 289 g/mol. The van der Waals surface area contributed by atoms with Gasteiger partial charge in [0, 0.05) is 11.3 Å². The first-order valence-corrected chi connectivity index (χ1v) is 8.02. The zero-order valence-corrected chi connectivity index (χ0v) is 11.9. The lowest BCUT2D eigenvalue weighted by atomic mass is 10.1. The van der Waals surface area contributed by atoms with Gasteiger partial charge in [-0.05, 0) is 23.8 Å². The Morgan fingerprint density at radius 3 is 2.50 bits per heavy atom. The predicted octanol–water partition coefficient (Wildman–Crippen LogP) is 2.30. The van der Waals surface area contributed by atoms with E-state index >= 15 is 0 Å². The number of hydrogen-bond acceptors (Lipinski definition) is 3.